The van der Waals surface area contributed by atoms with E-state index in [0.717, 1.165) is 24.8 Å². The number of ketones is 2. The third-order valence-electron chi connectivity index (χ3n) is 7.09. The minimum atomic E-state index is -1.40. The standard InChI is InChI=1S/C19H26O2/c1-18-9-7-13(20)11-12(18)3-4-14-15-5-6-17(21)19(15,2)10-8-16(14)18/h11,14-16H,3-10H2,1-2H3/t14-,15-,16-,18-,19-/m0/s1/i4D2,6D/t6?,14-,15-,16-,18-,19-. The Balaban J connectivity index is 1.81. The molecular formula is C19H26O2. The quantitative estimate of drug-likeness (QED) is 0.673. The van der Waals surface area contributed by atoms with Gasteiger partial charge < -0.3 is 0 Å². The first kappa shape index (κ1) is 10.7. The van der Waals surface area contributed by atoms with Crippen LogP contribution in [0.25, 0.3) is 0 Å². The zero-order valence-electron chi connectivity index (χ0n) is 15.9. The maximum atomic E-state index is 12.6. The molecule has 4 aliphatic rings. The van der Waals surface area contributed by atoms with Gasteiger partial charge >= 0.3 is 0 Å². The van der Waals surface area contributed by atoms with Gasteiger partial charge in [0.05, 0.1) is 0 Å². The molecule has 0 aromatic rings. The van der Waals surface area contributed by atoms with E-state index in [-0.39, 0.29) is 34.7 Å². The van der Waals surface area contributed by atoms with Gasteiger partial charge in [0.1, 0.15) is 5.78 Å². The predicted molar refractivity (Wildman–Crippen MR) is 81.7 cm³/mol. The van der Waals surface area contributed by atoms with Crippen LogP contribution in [0.2, 0.25) is 0 Å². The van der Waals surface area contributed by atoms with Crippen molar-refractivity contribution in [1.29, 1.82) is 0 Å². The second kappa shape index (κ2) is 4.30. The molecule has 0 saturated heterocycles. The Morgan fingerprint density at radius 1 is 1.10 bits per heavy atom. The van der Waals surface area contributed by atoms with Crippen molar-refractivity contribution in [1.82, 2.24) is 0 Å². The molecule has 0 aromatic heterocycles. The first-order valence-corrected chi connectivity index (χ1v) is 8.30. The van der Waals surface area contributed by atoms with E-state index in [0.29, 0.717) is 19.3 Å². The number of hydrogen-bond acceptors (Lipinski definition) is 2. The highest BCUT2D eigenvalue weighted by Gasteiger charge is 2.58. The highest BCUT2D eigenvalue weighted by atomic mass is 16.1. The summed E-state index contributed by atoms with van der Waals surface area (Å²) in [5.41, 5.74) is 0.345. The van der Waals surface area contributed by atoms with E-state index >= 15 is 0 Å². The van der Waals surface area contributed by atoms with Crippen LogP contribution in [-0.4, -0.2) is 11.6 Å². The number of rotatable bonds is 0. The summed E-state index contributed by atoms with van der Waals surface area (Å²) in [4.78, 5) is 24.5. The van der Waals surface area contributed by atoms with Gasteiger partial charge in [-0.3, -0.25) is 9.59 Å². The van der Waals surface area contributed by atoms with Crippen molar-refractivity contribution in [2.45, 2.75) is 65.1 Å². The lowest BCUT2D eigenvalue weighted by Gasteiger charge is -2.56. The number of carbonyl (C=O) groups excluding carboxylic acids is 2. The average Bonchev–Trinajstić information content (AvgIpc) is 2.72. The summed E-state index contributed by atoms with van der Waals surface area (Å²) in [6.45, 7) is 4.18. The van der Waals surface area contributed by atoms with Gasteiger partial charge in [-0.05, 0) is 67.7 Å². The van der Waals surface area contributed by atoms with E-state index < -0.39 is 18.2 Å². The van der Waals surface area contributed by atoms with Gasteiger partial charge in [-0.1, -0.05) is 19.4 Å². The summed E-state index contributed by atoms with van der Waals surface area (Å²) in [7, 11) is 0. The van der Waals surface area contributed by atoms with Crippen molar-refractivity contribution < 1.29 is 13.7 Å². The van der Waals surface area contributed by atoms with Crippen molar-refractivity contribution in [3.05, 3.63) is 11.6 Å². The van der Waals surface area contributed by atoms with E-state index in [2.05, 4.69) is 6.92 Å². The molecule has 21 heavy (non-hydrogen) atoms. The summed E-state index contributed by atoms with van der Waals surface area (Å²) >= 11 is 0. The summed E-state index contributed by atoms with van der Waals surface area (Å²) in [5, 5.41) is 0. The molecule has 3 fully saturated rings. The van der Waals surface area contributed by atoms with Gasteiger partial charge in [0.25, 0.3) is 0 Å². The summed E-state index contributed by atoms with van der Waals surface area (Å²) in [6, 6.07) is 0. The Labute approximate surface area is 131 Å². The molecule has 2 heteroatoms. The van der Waals surface area contributed by atoms with Gasteiger partial charge in [0, 0.05) is 22.3 Å². The smallest absolute Gasteiger partial charge is 0.155 e. The van der Waals surface area contributed by atoms with Crippen molar-refractivity contribution in [3.8, 4) is 0 Å². The first-order valence-electron chi connectivity index (χ1n) is 9.88. The molecule has 114 valence electrons. The molecule has 0 N–H and O–H groups in total. The van der Waals surface area contributed by atoms with Gasteiger partial charge in [-0.25, -0.2) is 0 Å². The van der Waals surface area contributed by atoms with Crippen molar-refractivity contribution in [2.75, 3.05) is 0 Å². The van der Waals surface area contributed by atoms with Crippen molar-refractivity contribution in [2.24, 2.45) is 28.6 Å². The predicted octanol–water partition coefficient (Wildman–Crippen LogP) is 4.09. The van der Waals surface area contributed by atoms with Crippen LogP contribution in [0.1, 0.15) is 69.3 Å². The molecule has 4 aliphatic carbocycles. The Morgan fingerprint density at radius 2 is 1.86 bits per heavy atom. The zero-order valence-corrected chi connectivity index (χ0v) is 12.9. The third kappa shape index (κ3) is 1.71. The minimum Gasteiger partial charge on any atom is -0.299 e. The van der Waals surface area contributed by atoms with Gasteiger partial charge in [0.2, 0.25) is 0 Å². The lowest BCUT2D eigenvalue weighted by molar-refractivity contribution is -0.132. The van der Waals surface area contributed by atoms with Crippen molar-refractivity contribution >= 4 is 11.6 Å². The number of Topliss-reactive ketones (excluding diaryl/α,β-unsaturated/α-hetero) is 1. The number of carbonyl (C=O) groups is 2. The molecule has 4 rings (SSSR count). The Bertz CT molecular complexity index is 655. The molecule has 0 amide bonds. The zero-order chi connectivity index (χ0) is 17.5. The number of fused-ring (bicyclic) bond motifs is 5. The minimum absolute atomic E-state index is 0.0204. The van der Waals surface area contributed by atoms with Gasteiger partial charge in [-0.2, -0.15) is 0 Å². The lowest BCUT2D eigenvalue weighted by Crippen LogP contribution is -2.50. The summed E-state index contributed by atoms with van der Waals surface area (Å²) in [6.07, 6.45) is 3.38. The highest BCUT2D eigenvalue weighted by Crippen LogP contribution is 2.64. The molecule has 0 heterocycles. The molecular weight excluding hydrogens is 260 g/mol. The molecule has 6 atom stereocenters. The lowest BCUT2D eigenvalue weighted by atomic mass is 9.47. The van der Waals surface area contributed by atoms with Crippen LogP contribution in [0.3, 0.4) is 0 Å². The Kier molecular flexibility index (Phi) is 2.20. The number of allylic oxidation sites excluding steroid dienone is 1. The molecule has 0 radical (unpaired) electrons. The fourth-order valence-corrected chi connectivity index (χ4v) is 5.56. The van der Waals surface area contributed by atoms with E-state index in [1.165, 1.54) is 0 Å². The second-order valence-electron chi connectivity index (χ2n) is 7.93. The maximum absolute atomic E-state index is 12.6. The average molecular weight is 289 g/mol. The molecule has 0 aromatic carbocycles. The van der Waals surface area contributed by atoms with Gasteiger partial charge in [-0.15, -0.1) is 0 Å². The normalized spacial score (nSPS) is 57.2. The maximum Gasteiger partial charge on any atom is 0.155 e. The van der Waals surface area contributed by atoms with E-state index in [9.17, 15) is 9.59 Å². The summed E-state index contributed by atoms with van der Waals surface area (Å²) < 4.78 is 25.6. The molecule has 2 nitrogen and oxygen atoms in total. The van der Waals surface area contributed by atoms with Gasteiger partial charge in [0.15, 0.2) is 5.78 Å². The largest absolute Gasteiger partial charge is 0.299 e. The van der Waals surface area contributed by atoms with Crippen LogP contribution < -0.4 is 0 Å². The van der Waals surface area contributed by atoms with Crippen LogP contribution in [0.4, 0.5) is 0 Å². The Morgan fingerprint density at radius 3 is 2.67 bits per heavy atom. The van der Waals surface area contributed by atoms with E-state index in [1.807, 2.05) is 6.92 Å². The molecule has 0 aliphatic heterocycles. The first-order chi connectivity index (χ1) is 11.1. The molecule has 0 spiro atoms. The van der Waals surface area contributed by atoms with E-state index in [4.69, 9.17) is 4.11 Å². The van der Waals surface area contributed by atoms with Crippen LogP contribution in [0.5, 0.6) is 0 Å². The molecule has 1 unspecified atom stereocenters. The number of hydrogen-bond donors (Lipinski definition) is 0. The van der Waals surface area contributed by atoms with Crippen LogP contribution in [0, 0.1) is 28.6 Å². The van der Waals surface area contributed by atoms with Crippen LogP contribution in [-0.2, 0) is 9.59 Å². The molecule has 0 bridgehead atoms. The SMILES string of the molecule is [2H]C1C[C@H]2[C@H]3[C@H](CC[C@]2(C)C1=O)[C@@]1(C)CCC(=O)C=C1CC3([2H])[2H]. The second-order valence-corrected chi connectivity index (χ2v) is 7.93. The van der Waals surface area contributed by atoms with Crippen LogP contribution >= 0.6 is 0 Å². The highest BCUT2D eigenvalue weighted by molar-refractivity contribution is 5.91. The fourth-order valence-electron chi connectivity index (χ4n) is 5.56. The Hall–Kier alpha value is -0.920. The topological polar surface area (TPSA) is 34.1 Å². The monoisotopic (exact) mass is 289 g/mol. The third-order valence-corrected chi connectivity index (χ3v) is 7.09. The van der Waals surface area contributed by atoms with Crippen LogP contribution in [0.15, 0.2) is 11.6 Å². The summed E-state index contributed by atoms with van der Waals surface area (Å²) in [5.74, 6) is 0.117. The molecule has 3 saturated carbocycles. The van der Waals surface area contributed by atoms with Crippen molar-refractivity contribution in [3.63, 3.8) is 0 Å². The fraction of sp³-hybridized carbons (Fsp3) is 0.789. The van der Waals surface area contributed by atoms with E-state index in [1.54, 1.807) is 6.08 Å².